The van der Waals surface area contributed by atoms with Crippen LogP contribution in [0.3, 0.4) is 0 Å². The van der Waals surface area contributed by atoms with Gasteiger partial charge in [0, 0.05) is 18.3 Å². The van der Waals surface area contributed by atoms with Gasteiger partial charge < -0.3 is 4.90 Å². The van der Waals surface area contributed by atoms with Gasteiger partial charge in [0.15, 0.2) is 5.65 Å². The standard InChI is InChI=1S/C21H27FN4/c1-5-8-15(3)18(13-16(4)22)19-9-7-11-25(19)20-10-12-26-21(24-20)17(6-2)14-23-26/h5,8,10,12-14,19H,6-7,9,11H2,1-4H3/b8-5-,16-13+,18-15+. The number of nitrogens with zero attached hydrogens (tertiary/aromatic N) is 4. The number of rotatable bonds is 5. The maximum atomic E-state index is 13.8. The van der Waals surface area contributed by atoms with Crippen LogP contribution in [0.4, 0.5) is 10.2 Å². The van der Waals surface area contributed by atoms with E-state index in [1.54, 1.807) is 6.08 Å². The average molecular weight is 354 g/mol. The first-order valence-corrected chi connectivity index (χ1v) is 9.32. The van der Waals surface area contributed by atoms with Crippen molar-refractivity contribution < 1.29 is 4.39 Å². The second kappa shape index (κ2) is 7.85. The van der Waals surface area contributed by atoms with E-state index in [1.165, 1.54) is 6.92 Å². The molecule has 1 unspecified atom stereocenters. The van der Waals surface area contributed by atoms with Crippen molar-refractivity contribution in [3.8, 4) is 0 Å². The lowest BCUT2D eigenvalue weighted by Crippen LogP contribution is -2.32. The van der Waals surface area contributed by atoms with E-state index < -0.39 is 0 Å². The van der Waals surface area contributed by atoms with Crippen molar-refractivity contribution in [2.24, 2.45) is 0 Å². The van der Waals surface area contributed by atoms with Crippen LogP contribution >= 0.6 is 0 Å². The van der Waals surface area contributed by atoms with Crippen molar-refractivity contribution in [2.45, 2.75) is 53.0 Å². The molecule has 26 heavy (non-hydrogen) atoms. The zero-order chi connectivity index (χ0) is 18.7. The summed E-state index contributed by atoms with van der Waals surface area (Å²) in [6.07, 6.45) is 12.5. The summed E-state index contributed by atoms with van der Waals surface area (Å²) in [4.78, 5) is 7.18. The summed E-state index contributed by atoms with van der Waals surface area (Å²) in [6, 6.07) is 2.15. The van der Waals surface area contributed by atoms with Gasteiger partial charge in [0.05, 0.1) is 18.1 Å². The van der Waals surface area contributed by atoms with Gasteiger partial charge in [0.25, 0.3) is 0 Å². The zero-order valence-electron chi connectivity index (χ0n) is 16.0. The quantitative estimate of drug-likeness (QED) is 0.706. The van der Waals surface area contributed by atoms with E-state index >= 15 is 0 Å². The molecular weight excluding hydrogens is 327 g/mol. The van der Waals surface area contributed by atoms with Crippen LogP contribution < -0.4 is 4.90 Å². The Balaban J connectivity index is 2.04. The largest absolute Gasteiger partial charge is 0.349 e. The van der Waals surface area contributed by atoms with E-state index in [9.17, 15) is 4.39 Å². The Labute approximate surface area is 154 Å². The Morgan fingerprint density at radius 3 is 2.88 bits per heavy atom. The highest BCUT2D eigenvalue weighted by molar-refractivity contribution is 5.55. The van der Waals surface area contributed by atoms with Crippen molar-refractivity contribution in [1.82, 2.24) is 14.6 Å². The highest BCUT2D eigenvalue weighted by Crippen LogP contribution is 2.32. The number of aryl methyl sites for hydroxylation is 1. The fourth-order valence-corrected chi connectivity index (χ4v) is 3.71. The van der Waals surface area contributed by atoms with Gasteiger partial charge in [0.1, 0.15) is 5.82 Å². The molecule has 1 atom stereocenters. The monoisotopic (exact) mass is 354 g/mol. The molecule has 3 rings (SSSR count). The van der Waals surface area contributed by atoms with Gasteiger partial charge in [-0.1, -0.05) is 19.1 Å². The Morgan fingerprint density at radius 1 is 1.38 bits per heavy atom. The van der Waals surface area contributed by atoms with Crippen molar-refractivity contribution in [1.29, 1.82) is 0 Å². The Morgan fingerprint density at radius 2 is 2.19 bits per heavy atom. The van der Waals surface area contributed by atoms with Gasteiger partial charge in [-0.15, -0.1) is 0 Å². The normalized spacial score (nSPS) is 19.7. The number of allylic oxidation sites excluding steroid dienone is 4. The number of hydrogen-bond acceptors (Lipinski definition) is 3. The summed E-state index contributed by atoms with van der Waals surface area (Å²) >= 11 is 0. The average Bonchev–Trinajstić information content (AvgIpc) is 3.25. The number of fused-ring (bicyclic) bond motifs is 1. The van der Waals surface area contributed by atoms with Crippen LogP contribution in [-0.2, 0) is 6.42 Å². The summed E-state index contributed by atoms with van der Waals surface area (Å²) in [7, 11) is 0. The highest BCUT2D eigenvalue weighted by Gasteiger charge is 2.29. The molecule has 138 valence electrons. The molecule has 0 N–H and O–H groups in total. The van der Waals surface area contributed by atoms with E-state index in [2.05, 4.69) is 16.9 Å². The van der Waals surface area contributed by atoms with E-state index in [0.717, 1.165) is 54.0 Å². The minimum atomic E-state index is -0.164. The molecule has 1 aliphatic rings. The first-order chi connectivity index (χ1) is 12.5. The van der Waals surface area contributed by atoms with Crippen LogP contribution in [0.1, 0.15) is 46.1 Å². The van der Waals surface area contributed by atoms with Gasteiger partial charge in [-0.2, -0.15) is 5.10 Å². The van der Waals surface area contributed by atoms with E-state index in [-0.39, 0.29) is 11.9 Å². The third kappa shape index (κ3) is 3.57. The number of aromatic nitrogens is 3. The molecule has 0 bridgehead atoms. The number of halogens is 1. The summed E-state index contributed by atoms with van der Waals surface area (Å²) in [6.45, 7) is 8.58. The molecule has 0 radical (unpaired) electrons. The smallest absolute Gasteiger partial charge is 0.160 e. The Hall–Kier alpha value is -2.43. The number of anilines is 1. The van der Waals surface area contributed by atoms with Gasteiger partial charge in [-0.05, 0) is 63.3 Å². The summed E-state index contributed by atoms with van der Waals surface area (Å²) in [5.41, 5.74) is 4.18. The lowest BCUT2D eigenvalue weighted by molar-refractivity contribution is 0.634. The SMILES string of the molecule is C\C=C/C(C)=C(\C=C(/C)F)C1CCCN1c1ccn2ncc(CC)c2n1. The minimum absolute atomic E-state index is 0.139. The molecule has 1 saturated heterocycles. The topological polar surface area (TPSA) is 33.4 Å². The lowest BCUT2D eigenvalue weighted by atomic mass is 9.98. The predicted molar refractivity (Wildman–Crippen MR) is 105 cm³/mol. The molecule has 0 amide bonds. The molecule has 4 nitrogen and oxygen atoms in total. The summed E-state index contributed by atoms with van der Waals surface area (Å²) < 4.78 is 15.6. The second-order valence-corrected chi connectivity index (χ2v) is 6.80. The molecule has 0 saturated carbocycles. The predicted octanol–water partition coefficient (Wildman–Crippen LogP) is 5.03. The molecule has 0 aliphatic carbocycles. The summed E-state index contributed by atoms with van der Waals surface area (Å²) in [5, 5.41) is 4.36. The van der Waals surface area contributed by atoms with Crippen molar-refractivity contribution in [3.05, 3.63) is 59.2 Å². The van der Waals surface area contributed by atoms with Crippen LogP contribution in [0.5, 0.6) is 0 Å². The maximum Gasteiger partial charge on any atom is 0.160 e. The number of hydrogen-bond donors (Lipinski definition) is 0. The first kappa shape index (κ1) is 18.4. The van der Waals surface area contributed by atoms with Gasteiger partial charge >= 0.3 is 0 Å². The molecule has 2 aromatic rings. The van der Waals surface area contributed by atoms with Crippen molar-refractivity contribution >= 4 is 11.5 Å². The fourth-order valence-electron chi connectivity index (χ4n) is 3.71. The fraction of sp³-hybridized carbons (Fsp3) is 0.429. The highest BCUT2D eigenvalue weighted by atomic mass is 19.1. The maximum absolute atomic E-state index is 13.8. The van der Waals surface area contributed by atoms with Crippen LogP contribution in [0, 0.1) is 0 Å². The Kier molecular flexibility index (Phi) is 5.55. The molecule has 1 aliphatic heterocycles. The van der Waals surface area contributed by atoms with Crippen LogP contribution in [0.15, 0.2) is 53.7 Å². The van der Waals surface area contributed by atoms with E-state index in [0.29, 0.717) is 0 Å². The minimum Gasteiger partial charge on any atom is -0.349 e. The van der Waals surface area contributed by atoms with Gasteiger partial charge in [-0.3, -0.25) is 0 Å². The molecule has 5 heteroatoms. The lowest BCUT2D eigenvalue weighted by Gasteiger charge is -2.28. The van der Waals surface area contributed by atoms with E-state index in [1.807, 2.05) is 49.0 Å². The zero-order valence-corrected chi connectivity index (χ0v) is 16.0. The molecular formula is C21H27FN4. The Bertz CT molecular complexity index is 871. The summed E-state index contributed by atoms with van der Waals surface area (Å²) in [5.74, 6) is 0.772. The van der Waals surface area contributed by atoms with Crippen LogP contribution in [0.2, 0.25) is 0 Å². The molecule has 1 fully saturated rings. The van der Waals surface area contributed by atoms with Gasteiger partial charge in [-0.25, -0.2) is 13.9 Å². The third-order valence-electron chi connectivity index (χ3n) is 4.94. The molecule has 0 aromatic carbocycles. The van der Waals surface area contributed by atoms with Crippen LogP contribution in [0.25, 0.3) is 5.65 Å². The third-order valence-corrected chi connectivity index (χ3v) is 4.94. The molecule has 0 spiro atoms. The van der Waals surface area contributed by atoms with E-state index in [4.69, 9.17) is 4.98 Å². The first-order valence-electron chi connectivity index (χ1n) is 9.32. The van der Waals surface area contributed by atoms with Crippen molar-refractivity contribution in [2.75, 3.05) is 11.4 Å². The van der Waals surface area contributed by atoms with Crippen LogP contribution in [-0.4, -0.2) is 27.2 Å². The van der Waals surface area contributed by atoms with Crippen molar-refractivity contribution in [3.63, 3.8) is 0 Å². The molecule has 3 heterocycles. The molecule has 2 aromatic heterocycles. The second-order valence-electron chi connectivity index (χ2n) is 6.80. The van der Waals surface area contributed by atoms with Gasteiger partial charge in [0.2, 0.25) is 0 Å².